The molecule has 108 valence electrons. The van der Waals surface area contributed by atoms with Crippen LogP contribution in [0.15, 0.2) is 18.3 Å². The fraction of sp³-hybridized carbons (Fsp3) is 0.500. The van der Waals surface area contributed by atoms with Crippen molar-refractivity contribution >= 4 is 17.6 Å². The number of nitrogens with zero attached hydrogens (tertiary/aromatic N) is 2. The highest BCUT2D eigenvalue weighted by Crippen LogP contribution is 2.19. The summed E-state index contributed by atoms with van der Waals surface area (Å²) in [5.74, 6) is -0.847. The maximum absolute atomic E-state index is 11.8. The van der Waals surface area contributed by atoms with Gasteiger partial charge in [-0.25, -0.2) is 9.78 Å². The van der Waals surface area contributed by atoms with E-state index in [9.17, 15) is 9.59 Å². The summed E-state index contributed by atoms with van der Waals surface area (Å²) in [6.45, 7) is 3.37. The molecule has 0 saturated carbocycles. The number of carbonyl (C=O) groups excluding carboxylic acids is 1. The minimum Gasteiger partial charge on any atom is -0.477 e. The Morgan fingerprint density at radius 2 is 2.30 bits per heavy atom. The number of aromatic nitrogens is 1. The molecule has 1 saturated heterocycles. The summed E-state index contributed by atoms with van der Waals surface area (Å²) in [6.07, 6.45) is 4.07. The molecule has 0 spiro atoms. The van der Waals surface area contributed by atoms with Crippen molar-refractivity contribution in [1.29, 1.82) is 0 Å². The molecule has 1 atom stereocenters. The minimum atomic E-state index is -1.04. The van der Waals surface area contributed by atoms with Crippen molar-refractivity contribution in [2.75, 3.05) is 18.4 Å². The highest BCUT2D eigenvalue weighted by Gasteiger charge is 2.27. The number of hydrogen-bond acceptors (Lipinski definition) is 4. The van der Waals surface area contributed by atoms with Gasteiger partial charge in [0.15, 0.2) is 0 Å². The van der Waals surface area contributed by atoms with Gasteiger partial charge in [0.05, 0.1) is 11.9 Å². The van der Waals surface area contributed by atoms with Crippen molar-refractivity contribution in [1.82, 2.24) is 9.88 Å². The normalized spacial score (nSPS) is 18.1. The van der Waals surface area contributed by atoms with E-state index in [1.165, 1.54) is 12.3 Å². The number of pyridine rings is 1. The fourth-order valence-corrected chi connectivity index (χ4v) is 2.44. The predicted octanol–water partition coefficient (Wildman–Crippen LogP) is 1.59. The largest absolute Gasteiger partial charge is 0.477 e. The molecule has 0 radical (unpaired) electrons. The molecule has 6 nitrogen and oxygen atoms in total. The monoisotopic (exact) mass is 277 g/mol. The zero-order valence-electron chi connectivity index (χ0n) is 11.5. The molecule has 1 aromatic heterocycles. The third-order valence-corrected chi connectivity index (χ3v) is 3.52. The Morgan fingerprint density at radius 1 is 1.50 bits per heavy atom. The summed E-state index contributed by atoms with van der Waals surface area (Å²) in [5.41, 5.74) is 0.796. The Kier molecular flexibility index (Phi) is 4.55. The van der Waals surface area contributed by atoms with Gasteiger partial charge < -0.3 is 15.3 Å². The molecule has 0 aromatic carbocycles. The van der Waals surface area contributed by atoms with Crippen LogP contribution in [0.2, 0.25) is 0 Å². The van der Waals surface area contributed by atoms with Crippen molar-refractivity contribution in [3.8, 4) is 0 Å². The maximum atomic E-state index is 11.8. The number of rotatable bonds is 5. The van der Waals surface area contributed by atoms with E-state index in [0.717, 1.165) is 25.1 Å². The van der Waals surface area contributed by atoms with Crippen molar-refractivity contribution in [3.63, 3.8) is 0 Å². The van der Waals surface area contributed by atoms with E-state index >= 15 is 0 Å². The number of carboxylic acids is 1. The first kappa shape index (κ1) is 14.3. The molecule has 1 amide bonds. The molecule has 2 N–H and O–H groups in total. The number of carboxylic acid groups (broad SMARTS) is 1. The fourth-order valence-electron chi connectivity index (χ4n) is 2.44. The van der Waals surface area contributed by atoms with E-state index < -0.39 is 5.97 Å². The van der Waals surface area contributed by atoms with Gasteiger partial charge in [-0.2, -0.15) is 0 Å². The molecule has 1 aliphatic heterocycles. The van der Waals surface area contributed by atoms with Gasteiger partial charge >= 0.3 is 5.97 Å². The van der Waals surface area contributed by atoms with Gasteiger partial charge in [-0.05, 0) is 25.0 Å². The lowest BCUT2D eigenvalue weighted by Gasteiger charge is -2.24. The molecule has 1 aromatic rings. The summed E-state index contributed by atoms with van der Waals surface area (Å²) in [6, 6.07) is 3.37. The molecule has 0 unspecified atom stereocenters. The Balaban J connectivity index is 1.91. The SMILES string of the molecule is CCC(=O)N1CCC[C@H]1CNc1ccc(C(=O)O)nc1. The van der Waals surface area contributed by atoms with Crippen molar-refractivity contribution in [2.45, 2.75) is 32.2 Å². The molecule has 2 heterocycles. The average Bonchev–Trinajstić information content (AvgIpc) is 2.93. The Morgan fingerprint density at radius 3 is 2.90 bits per heavy atom. The van der Waals surface area contributed by atoms with E-state index in [1.54, 1.807) is 6.07 Å². The molecule has 20 heavy (non-hydrogen) atoms. The van der Waals surface area contributed by atoms with Crippen LogP contribution in [0.4, 0.5) is 5.69 Å². The second kappa shape index (κ2) is 6.36. The number of nitrogens with one attached hydrogen (secondary N) is 1. The van der Waals surface area contributed by atoms with Gasteiger partial charge in [-0.1, -0.05) is 6.92 Å². The third-order valence-electron chi connectivity index (χ3n) is 3.52. The zero-order chi connectivity index (χ0) is 14.5. The number of hydrogen-bond donors (Lipinski definition) is 2. The summed E-state index contributed by atoms with van der Waals surface area (Å²) in [4.78, 5) is 28.3. The van der Waals surface area contributed by atoms with E-state index in [0.29, 0.717) is 13.0 Å². The maximum Gasteiger partial charge on any atom is 0.354 e. The van der Waals surface area contributed by atoms with Crippen LogP contribution in [-0.2, 0) is 4.79 Å². The quantitative estimate of drug-likeness (QED) is 0.854. The molecule has 6 heteroatoms. The zero-order valence-corrected chi connectivity index (χ0v) is 11.5. The number of aromatic carboxylic acids is 1. The van der Waals surface area contributed by atoms with Gasteiger partial charge in [0, 0.05) is 25.6 Å². The number of amides is 1. The smallest absolute Gasteiger partial charge is 0.354 e. The lowest BCUT2D eigenvalue weighted by molar-refractivity contribution is -0.131. The number of anilines is 1. The van der Waals surface area contributed by atoms with E-state index in [1.807, 2.05) is 11.8 Å². The second-order valence-corrected chi connectivity index (χ2v) is 4.85. The van der Waals surface area contributed by atoms with Crippen LogP contribution in [0.25, 0.3) is 0 Å². The Labute approximate surface area is 117 Å². The molecular weight excluding hydrogens is 258 g/mol. The molecule has 1 aliphatic rings. The van der Waals surface area contributed by atoms with Crippen LogP contribution in [0.5, 0.6) is 0 Å². The number of likely N-dealkylation sites (tertiary alicyclic amines) is 1. The van der Waals surface area contributed by atoms with Gasteiger partial charge in [-0.15, -0.1) is 0 Å². The summed E-state index contributed by atoms with van der Waals surface area (Å²) >= 11 is 0. The first-order chi connectivity index (χ1) is 9.61. The van der Waals surface area contributed by atoms with Gasteiger partial charge in [0.2, 0.25) is 5.91 Å². The van der Waals surface area contributed by atoms with Gasteiger partial charge in [0.1, 0.15) is 5.69 Å². The van der Waals surface area contributed by atoms with Gasteiger partial charge in [-0.3, -0.25) is 4.79 Å². The van der Waals surface area contributed by atoms with E-state index in [2.05, 4.69) is 10.3 Å². The number of carbonyl (C=O) groups is 2. The molecular formula is C14H19N3O3. The third kappa shape index (κ3) is 3.26. The second-order valence-electron chi connectivity index (χ2n) is 4.85. The van der Waals surface area contributed by atoms with Crippen LogP contribution in [0.3, 0.4) is 0 Å². The van der Waals surface area contributed by atoms with Crippen LogP contribution in [0.1, 0.15) is 36.7 Å². The minimum absolute atomic E-state index is 0.0270. The topological polar surface area (TPSA) is 82.5 Å². The van der Waals surface area contributed by atoms with Crippen LogP contribution in [-0.4, -0.2) is 46.0 Å². The van der Waals surface area contributed by atoms with E-state index in [-0.39, 0.29) is 17.6 Å². The standard InChI is InChI=1S/C14H19N3O3/c1-2-13(18)17-7-3-4-11(17)9-15-10-5-6-12(14(19)20)16-8-10/h5-6,8,11,15H,2-4,7,9H2,1H3,(H,19,20)/t11-/m0/s1. The lowest BCUT2D eigenvalue weighted by atomic mass is 10.2. The first-order valence-electron chi connectivity index (χ1n) is 6.84. The average molecular weight is 277 g/mol. The van der Waals surface area contributed by atoms with Crippen LogP contribution < -0.4 is 5.32 Å². The predicted molar refractivity (Wildman–Crippen MR) is 74.7 cm³/mol. The molecule has 2 rings (SSSR count). The molecule has 0 bridgehead atoms. The Hall–Kier alpha value is -2.11. The van der Waals surface area contributed by atoms with Crippen LogP contribution >= 0.6 is 0 Å². The summed E-state index contributed by atoms with van der Waals surface area (Å²) in [5, 5.41) is 12.0. The summed E-state index contributed by atoms with van der Waals surface area (Å²) < 4.78 is 0. The molecule has 0 aliphatic carbocycles. The highest BCUT2D eigenvalue weighted by molar-refractivity contribution is 5.85. The Bertz CT molecular complexity index is 487. The molecule has 1 fully saturated rings. The van der Waals surface area contributed by atoms with Crippen molar-refractivity contribution in [2.24, 2.45) is 0 Å². The first-order valence-corrected chi connectivity index (χ1v) is 6.84. The van der Waals surface area contributed by atoms with Gasteiger partial charge in [0.25, 0.3) is 0 Å². The van der Waals surface area contributed by atoms with Crippen LogP contribution in [0, 0.1) is 0 Å². The lowest BCUT2D eigenvalue weighted by Crippen LogP contribution is -2.39. The van der Waals surface area contributed by atoms with Crippen molar-refractivity contribution < 1.29 is 14.7 Å². The highest BCUT2D eigenvalue weighted by atomic mass is 16.4. The van der Waals surface area contributed by atoms with E-state index in [4.69, 9.17) is 5.11 Å². The summed E-state index contributed by atoms with van der Waals surface area (Å²) in [7, 11) is 0. The van der Waals surface area contributed by atoms with Crippen molar-refractivity contribution in [3.05, 3.63) is 24.0 Å².